The Balaban J connectivity index is 2.16. The summed E-state index contributed by atoms with van der Waals surface area (Å²) in [6, 6.07) is 8.03. The van der Waals surface area contributed by atoms with Gasteiger partial charge in [-0.25, -0.2) is 4.39 Å². The molecule has 0 saturated heterocycles. The van der Waals surface area contributed by atoms with Gasteiger partial charge >= 0.3 is 0 Å². The van der Waals surface area contributed by atoms with E-state index in [2.05, 4.69) is 16.8 Å². The van der Waals surface area contributed by atoms with Gasteiger partial charge in [-0.1, -0.05) is 17.9 Å². The van der Waals surface area contributed by atoms with Gasteiger partial charge in [0.2, 0.25) is 0 Å². The summed E-state index contributed by atoms with van der Waals surface area (Å²) >= 11 is 0. The monoisotopic (exact) mass is 285 g/mol. The van der Waals surface area contributed by atoms with Gasteiger partial charge in [-0.15, -0.1) is 0 Å². The van der Waals surface area contributed by atoms with Crippen molar-refractivity contribution < 1.29 is 14.2 Å². The molecule has 0 saturated carbocycles. The fraction of sp³-hybridized carbons (Fsp3) is 0.235. The Morgan fingerprint density at radius 3 is 2.95 bits per heavy atom. The minimum atomic E-state index is -0.371. The Morgan fingerprint density at radius 2 is 2.19 bits per heavy atom. The fourth-order valence-corrected chi connectivity index (χ4v) is 1.75. The van der Waals surface area contributed by atoms with Crippen molar-refractivity contribution in [2.75, 3.05) is 6.61 Å². The molecule has 1 N–H and O–H groups in total. The van der Waals surface area contributed by atoms with Crippen LogP contribution >= 0.6 is 0 Å². The van der Waals surface area contributed by atoms with Crippen LogP contribution in [-0.4, -0.2) is 16.7 Å². The minimum Gasteiger partial charge on any atom is -0.486 e. The van der Waals surface area contributed by atoms with Gasteiger partial charge in [0.05, 0.1) is 17.9 Å². The topological polar surface area (TPSA) is 42.4 Å². The van der Waals surface area contributed by atoms with Crippen LogP contribution in [0.2, 0.25) is 0 Å². The number of rotatable bonds is 4. The van der Waals surface area contributed by atoms with Crippen LogP contribution in [0.3, 0.4) is 0 Å². The van der Waals surface area contributed by atoms with E-state index in [9.17, 15) is 4.39 Å². The summed E-state index contributed by atoms with van der Waals surface area (Å²) in [6.45, 7) is 2.23. The highest BCUT2D eigenvalue weighted by atomic mass is 19.1. The normalized spacial score (nSPS) is 9.86. The van der Waals surface area contributed by atoms with Gasteiger partial charge < -0.3 is 9.84 Å². The van der Waals surface area contributed by atoms with Gasteiger partial charge in [-0.3, -0.25) is 4.98 Å². The van der Waals surface area contributed by atoms with Crippen LogP contribution in [0.5, 0.6) is 5.75 Å². The molecule has 0 radical (unpaired) electrons. The Labute approximate surface area is 123 Å². The average molecular weight is 285 g/mol. The predicted octanol–water partition coefficient (Wildman–Crippen LogP) is 2.84. The van der Waals surface area contributed by atoms with Crippen molar-refractivity contribution in [3.8, 4) is 17.6 Å². The number of aliphatic hydroxyl groups excluding tert-OH is 1. The molecule has 4 heteroatoms. The molecule has 0 atom stereocenters. The van der Waals surface area contributed by atoms with Crippen molar-refractivity contribution >= 4 is 0 Å². The Kier molecular flexibility index (Phi) is 5.30. The molecule has 1 heterocycles. The first kappa shape index (κ1) is 15.0. The number of aliphatic hydroxyl groups is 1. The molecule has 0 fully saturated rings. The van der Waals surface area contributed by atoms with Gasteiger partial charge in [0.25, 0.3) is 0 Å². The molecule has 0 bridgehead atoms. The van der Waals surface area contributed by atoms with Crippen LogP contribution in [0.25, 0.3) is 0 Å². The third-order valence-corrected chi connectivity index (χ3v) is 2.88. The van der Waals surface area contributed by atoms with Crippen LogP contribution in [-0.2, 0) is 6.61 Å². The highest BCUT2D eigenvalue weighted by Crippen LogP contribution is 2.20. The second kappa shape index (κ2) is 7.41. The molecule has 3 nitrogen and oxygen atoms in total. The molecule has 2 rings (SSSR count). The van der Waals surface area contributed by atoms with E-state index in [1.54, 1.807) is 12.3 Å². The molecule has 0 aliphatic carbocycles. The summed E-state index contributed by atoms with van der Waals surface area (Å²) in [5, 5.41) is 8.73. The standard InChI is InChI=1S/C17H16FNO2/c1-13-5-4-9-19-16(13)12-21-17-8-7-15(18)11-14(17)6-2-3-10-20/h4-5,7-9,11,20H,3,10,12H2,1H3. The van der Waals surface area contributed by atoms with E-state index in [-0.39, 0.29) is 12.4 Å². The summed E-state index contributed by atoms with van der Waals surface area (Å²) in [5.41, 5.74) is 2.33. The van der Waals surface area contributed by atoms with E-state index in [1.165, 1.54) is 12.1 Å². The highest BCUT2D eigenvalue weighted by Gasteiger charge is 2.05. The third kappa shape index (κ3) is 4.30. The van der Waals surface area contributed by atoms with Crippen LogP contribution in [0, 0.1) is 24.6 Å². The number of benzene rings is 1. The second-order valence-electron chi connectivity index (χ2n) is 4.47. The van der Waals surface area contributed by atoms with E-state index in [4.69, 9.17) is 9.84 Å². The van der Waals surface area contributed by atoms with Crippen molar-refractivity contribution in [1.29, 1.82) is 0 Å². The molecule has 0 amide bonds. The lowest BCUT2D eigenvalue weighted by molar-refractivity contribution is 0.299. The maximum atomic E-state index is 13.3. The van der Waals surface area contributed by atoms with Crippen molar-refractivity contribution in [2.45, 2.75) is 20.0 Å². The molecular formula is C17H16FNO2. The predicted molar refractivity (Wildman–Crippen MR) is 78.3 cm³/mol. The van der Waals surface area contributed by atoms with E-state index < -0.39 is 0 Å². The van der Waals surface area contributed by atoms with Crippen LogP contribution in [0.15, 0.2) is 36.5 Å². The largest absolute Gasteiger partial charge is 0.486 e. The lowest BCUT2D eigenvalue weighted by Crippen LogP contribution is -2.02. The first-order valence-corrected chi connectivity index (χ1v) is 6.63. The first-order chi connectivity index (χ1) is 10.2. The zero-order valence-corrected chi connectivity index (χ0v) is 11.8. The maximum absolute atomic E-state index is 13.3. The lowest BCUT2D eigenvalue weighted by atomic mass is 10.2. The SMILES string of the molecule is Cc1cccnc1COc1ccc(F)cc1C#CCCO. The Morgan fingerprint density at radius 1 is 1.33 bits per heavy atom. The zero-order valence-electron chi connectivity index (χ0n) is 11.8. The maximum Gasteiger partial charge on any atom is 0.135 e. The molecule has 0 aliphatic rings. The van der Waals surface area contributed by atoms with Gasteiger partial charge in [0.15, 0.2) is 0 Å². The molecule has 2 aromatic rings. The third-order valence-electron chi connectivity index (χ3n) is 2.88. The summed E-state index contributed by atoms with van der Waals surface area (Å²) in [6.07, 6.45) is 2.05. The van der Waals surface area contributed by atoms with Crippen LogP contribution in [0.1, 0.15) is 23.2 Å². The Hall–Kier alpha value is -2.38. The molecule has 1 aromatic carbocycles. The molecule has 108 valence electrons. The number of aromatic nitrogens is 1. The van der Waals surface area contributed by atoms with Gasteiger partial charge in [0.1, 0.15) is 18.2 Å². The van der Waals surface area contributed by atoms with Crippen molar-refractivity contribution in [3.63, 3.8) is 0 Å². The fourth-order valence-electron chi connectivity index (χ4n) is 1.75. The number of hydrogen-bond acceptors (Lipinski definition) is 3. The first-order valence-electron chi connectivity index (χ1n) is 6.63. The molecule has 0 spiro atoms. The van der Waals surface area contributed by atoms with E-state index in [0.717, 1.165) is 11.3 Å². The van der Waals surface area contributed by atoms with E-state index in [1.807, 2.05) is 19.1 Å². The lowest BCUT2D eigenvalue weighted by Gasteiger charge is -2.09. The van der Waals surface area contributed by atoms with Crippen molar-refractivity contribution in [1.82, 2.24) is 4.98 Å². The van der Waals surface area contributed by atoms with Crippen LogP contribution < -0.4 is 4.74 Å². The quantitative estimate of drug-likeness (QED) is 0.878. The van der Waals surface area contributed by atoms with Gasteiger partial charge in [-0.2, -0.15) is 0 Å². The van der Waals surface area contributed by atoms with E-state index >= 15 is 0 Å². The second-order valence-corrected chi connectivity index (χ2v) is 4.47. The Bertz CT molecular complexity index is 674. The van der Waals surface area contributed by atoms with E-state index in [0.29, 0.717) is 24.3 Å². The zero-order chi connectivity index (χ0) is 15.1. The minimum absolute atomic E-state index is 0.0222. The number of halogens is 1. The smallest absolute Gasteiger partial charge is 0.135 e. The molecule has 21 heavy (non-hydrogen) atoms. The number of pyridine rings is 1. The molecule has 1 aromatic heterocycles. The van der Waals surface area contributed by atoms with Gasteiger partial charge in [0, 0.05) is 12.6 Å². The summed E-state index contributed by atoms with van der Waals surface area (Å²) in [4.78, 5) is 4.25. The number of nitrogens with zero attached hydrogens (tertiary/aromatic N) is 1. The van der Waals surface area contributed by atoms with Crippen LogP contribution in [0.4, 0.5) is 4.39 Å². The highest BCUT2D eigenvalue weighted by molar-refractivity contribution is 5.46. The summed E-state index contributed by atoms with van der Waals surface area (Å²) in [7, 11) is 0. The number of hydrogen-bond donors (Lipinski definition) is 1. The number of aryl methyl sites for hydroxylation is 1. The average Bonchev–Trinajstić information content (AvgIpc) is 2.48. The summed E-state index contributed by atoms with van der Waals surface area (Å²) < 4.78 is 19.0. The molecular weight excluding hydrogens is 269 g/mol. The van der Waals surface area contributed by atoms with Crippen molar-refractivity contribution in [3.05, 3.63) is 59.2 Å². The number of ether oxygens (including phenoxy) is 1. The van der Waals surface area contributed by atoms with Gasteiger partial charge in [-0.05, 0) is 36.8 Å². The molecule has 0 aliphatic heterocycles. The molecule has 0 unspecified atom stereocenters. The summed E-state index contributed by atoms with van der Waals surface area (Å²) in [5.74, 6) is 5.71. The van der Waals surface area contributed by atoms with Crippen molar-refractivity contribution in [2.24, 2.45) is 0 Å².